The van der Waals surface area contributed by atoms with Crippen LogP contribution in [0, 0.1) is 5.82 Å². The summed E-state index contributed by atoms with van der Waals surface area (Å²) in [5, 5.41) is 0.646. The summed E-state index contributed by atoms with van der Waals surface area (Å²) in [6, 6.07) is 11.2. The molecule has 2 aromatic rings. The Bertz CT molecular complexity index is 660. The van der Waals surface area contributed by atoms with Gasteiger partial charge < -0.3 is 4.90 Å². The van der Waals surface area contributed by atoms with Gasteiger partial charge in [-0.2, -0.15) is 0 Å². The molecule has 0 heterocycles. The summed E-state index contributed by atoms with van der Waals surface area (Å²) in [6.45, 7) is 1.91. The molecule has 2 aromatic carbocycles. The molecule has 110 valence electrons. The minimum Gasteiger partial charge on any atom is -0.335 e. The molecule has 1 atom stereocenters. The Morgan fingerprint density at radius 3 is 2.48 bits per heavy atom. The SMILES string of the molecule is C[C@@H](c1ccc(Cl)cc1)N(C)C(=O)c1cc(F)ccc1Br. The fraction of sp³-hybridized carbons (Fsp3) is 0.188. The van der Waals surface area contributed by atoms with E-state index in [1.165, 1.54) is 18.2 Å². The summed E-state index contributed by atoms with van der Waals surface area (Å²) in [4.78, 5) is 14.1. The maximum atomic E-state index is 13.3. The van der Waals surface area contributed by atoms with Gasteiger partial charge in [0.15, 0.2) is 0 Å². The highest BCUT2D eigenvalue weighted by Crippen LogP contribution is 2.25. The summed E-state index contributed by atoms with van der Waals surface area (Å²) < 4.78 is 13.9. The number of carbonyl (C=O) groups excluding carboxylic acids is 1. The largest absolute Gasteiger partial charge is 0.335 e. The molecule has 0 saturated heterocycles. The van der Waals surface area contributed by atoms with Crippen molar-refractivity contribution in [3.05, 3.63) is 68.9 Å². The number of amides is 1. The van der Waals surface area contributed by atoms with Crippen LogP contribution in [0.5, 0.6) is 0 Å². The predicted octanol–water partition coefficient (Wildman–Crippen LogP) is 5.07. The molecule has 0 aliphatic rings. The van der Waals surface area contributed by atoms with E-state index in [0.29, 0.717) is 15.1 Å². The molecular weight excluding hydrogens is 357 g/mol. The summed E-state index contributed by atoms with van der Waals surface area (Å²) in [5.41, 5.74) is 1.26. The quantitative estimate of drug-likeness (QED) is 0.738. The van der Waals surface area contributed by atoms with Gasteiger partial charge >= 0.3 is 0 Å². The van der Waals surface area contributed by atoms with Gasteiger partial charge in [0.05, 0.1) is 11.6 Å². The molecule has 0 N–H and O–H groups in total. The Morgan fingerprint density at radius 2 is 1.86 bits per heavy atom. The molecule has 0 saturated carbocycles. The highest BCUT2D eigenvalue weighted by Gasteiger charge is 2.21. The van der Waals surface area contributed by atoms with Crippen molar-refractivity contribution in [3.8, 4) is 0 Å². The third-order valence-corrected chi connectivity index (χ3v) is 4.36. The van der Waals surface area contributed by atoms with E-state index in [-0.39, 0.29) is 11.9 Å². The first-order chi connectivity index (χ1) is 9.90. The summed E-state index contributed by atoms with van der Waals surface area (Å²) in [6.07, 6.45) is 0. The molecule has 1 amide bonds. The second-order valence-electron chi connectivity index (χ2n) is 4.77. The average molecular weight is 371 g/mol. The van der Waals surface area contributed by atoms with Gasteiger partial charge in [-0.05, 0) is 58.7 Å². The normalized spacial score (nSPS) is 12.0. The van der Waals surface area contributed by atoms with E-state index < -0.39 is 5.82 Å². The standard InChI is InChI=1S/C16H14BrClFNO/c1-10(11-3-5-12(18)6-4-11)20(2)16(21)14-9-13(19)7-8-15(14)17/h3-10H,1-2H3/t10-/m0/s1. The molecule has 0 fully saturated rings. The van der Waals surface area contributed by atoms with Gasteiger partial charge in [0.2, 0.25) is 0 Å². The topological polar surface area (TPSA) is 20.3 Å². The Hall–Kier alpha value is -1.39. The van der Waals surface area contributed by atoms with E-state index >= 15 is 0 Å². The van der Waals surface area contributed by atoms with Gasteiger partial charge in [-0.15, -0.1) is 0 Å². The highest BCUT2D eigenvalue weighted by molar-refractivity contribution is 9.10. The average Bonchev–Trinajstić information content (AvgIpc) is 2.48. The molecule has 0 unspecified atom stereocenters. The van der Waals surface area contributed by atoms with Crippen molar-refractivity contribution in [2.45, 2.75) is 13.0 Å². The minimum atomic E-state index is -0.436. The van der Waals surface area contributed by atoms with Crippen LogP contribution in [0.2, 0.25) is 5.02 Å². The number of nitrogens with zero attached hydrogens (tertiary/aromatic N) is 1. The molecule has 0 spiro atoms. The maximum Gasteiger partial charge on any atom is 0.255 e. The fourth-order valence-corrected chi connectivity index (χ4v) is 2.53. The first kappa shape index (κ1) is 16.0. The first-order valence-corrected chi connectivity index (χ1v) is 7.55. The predicted molar refractivity (Wildman–Crippen MR) is 86.1 cm³/mol. The van der Waals surface area contributed by atoms with Gasteiger partial charge in [-0.25, -0.2) is 4.39 Å². The smallest absolute Gasteiger partial charge is 0.255 e. The van der Waals surface area contributed by atoms with Crippen molar-refractivity contribution in [2.24, 2.45) is 0 Å². The zero-order valence-corrected chi connectivity index (χ0v) is 14.0. The third kappa shape index (κ3) is 3.63. The molecule has 0 aliphatic carbocycles. The van der Waals surface area contributed by atoms with Crippen molar-refractivity contribution in [2.75, 3.05) is 7.05 Å². The maximum absolute atomic E-state index is 13.3. The first-order valence-electron chi connectivity index (χ1n) is 6.38. The van der Waals surface area contributed by atoms with Crippen LogP contribution in [0.15, 0.2) is 46.9 Å². The number of benzene rings is 2. The monoisotopic (exact) mass is 369 g/mol. The van der Waals surface area contributed by atoms with Gasteiger partial charge in [-0.1, -0.05) is 23.7 Å². The summed E-state index contributed by atoms with van der Waals surface area (Å²) in [7, 11) is 1.69. The Labute approximate surface area is 136 Å². The van der Waals surface area contributed by atoms with E-state index in [1.54, 1.807) is 24.1 Å². The Kier molecular flexibility index (Phi) is 5.01. The molecule has 0 aromatic heterocycles. The number of hydrogen-bond acceptors (Lipinski definition) is 1. The Morgan fingerprint density at radius 1 is 1.24 bits per heavy atom. The van der Waals surface area contributed by atoms with Crippen LogP contribution in [0.4, 0.5) is 4.39 Å². The second kappa shape index (κ2) is 6.58. The lowest BCUT2D eigenvalue weighted by Crippen LogP contribution is -2.30. The zero-order valence-electron chi connectivity index (χ0n) is 11.6. The van der Waals surface area contributed by atoms with Crippen LogP contribution < -0.4 is 0 Å². The van der Waals surface area contributed by atoms with Crippen LogP contribution in [-0.4, -0.2) is 17.9 Å². The molecule has 0 bridgehead atoms. The van der Waals surface area contributed by atoms with Crippen LogP contribution in [0.1, 0.15) is 28.9 Å². The molecule has 0 radical (unpaired) electrons. The summed E-state index contributed by atoms with van der Waals surface area (Å²) in [5.74, 6) is -0.682. The minimum absolute atomic E-state index is 0.148. The van der Waals surface area contributed by atoms with Crippen molar-refractivity contribution in [1.29, 1.82) is 0 Å². The second-order valence-corrected chi connectivity index (χ2v) is 6.06. The lowest BCUT2D eigenvalue weighted by atomic mass is 10.1. The number of carbonyl (C=O) groups is 1. The third-order valence-electron chi connectivity index (χ3n) is 3.41. The van der Waals surface area contributed by atoms with Crippen molar-refractivity contribution in [3.63, 3.8) is 0 Å². The van der Waals surface area contributed by atoms with Gasteiger partial charge in [0, 0.05) is 16.5 Å². The van der Waals surface area contributed by atoms with Crippen molar-refractivity contribution in [1.82, 2.24) is 4.90 Å². The van der Waals surface area contributed by atoms with E-state index in [1.807, 2.05) is 19.1 Å². The number of rotatable bonds is 3. The van der Waals surface area contributed by atoms with Crippen molar-refractivity contribution < 1.29 is 9.18 Å². The lowest BCUT2D eigenvalue weighted by Gasteiger charge is -2.26. The molecular formula is C16H14BrClFNO. The zero-order chi connectivity index (χ0) is 15.6. The van der Waals surface area contributed by atoms with Gasteiger partial charge in [0.1, 0.15) is 5.82 Å². The number of hydrogen-bond donors (Lipinski definition) is 0. The lowest BCUT2D eigenvalue weighted by molar-refractivity contribution is 0.0741. The molecule has 5 heteroatoms. The molecule has 2 nitrogen and oxygen atoms in total. The van der Waals surface area contributed by atoms with Crippen LogP contribution in [0.3, 0.4) is 0 Å². The van der Waals surface area contributed by atoms with E-state index in [9.17, 15) is 9.18 Å². The van der Waals surface area contributed by atoms with Gasteiger partial charge in [0.25, 0.3) is 5.91 Å². The number of halogens is 3. The van der Waals surface area contributed by atoms with Gasteiger partial charge in [-0.3, -0.25) is 4.79 Å². The van der Waals surface area contributed by atoms with Crippen LogP contribution >= 0.6 is 27.5 Å². The highest BCUT2D eigenvalue weighted by atomic mass is 79.9. The molecule has 2 rings (SSSR count). The van der Waals surface area contributed by atoms with Crippen LogP contribution in [0.25, 0.3) is 0 Å². The van der Waals surface area contributed by atoms with E-state index in [0.717, 1.165) is 5.56 Å². The molecule has 0 aliphatic heterocycles. The fourth-order valence-electron chi connectivity index (χ4n) is 1.99. The van der Waals surface area contributed by atoms with E-state index in [2.05, 4.69) is 15.9 Å². The Balaban J connectivity index is 2.26. The van der Waals surface area contributed by atoms with Crippen molar-refractivity contribution >= 4 is 33.4 Å². The summed E-state index contributed by atoms with van der Waals surface area (Å²) >= 11 is 9.15. The van der Waals surface area contributed by atoms with E-state index in [4.69, 9.17) is 11.6 Å². The van der Waals surface area contributed by atoms with Crippen LogP contribution in [-0.2, 0) is 0 Å². The molecule has 21 heavy (non-hydrogen) atoms.